The molecule has 0 amide bonds. The first-order chi connectivity index (χ1) is 8.10. The first-order valence-corrected chi connectivity index (χ1v) is 7.32. The molecule has 0 aromatic heterocycles. The predicted molar refractivity (Wildman–Crippen MR) is 77.3 cm³/mol. The number of carbonyl (C=O) groups is 1. The van der Waals surface area contributed by atoms with Gasteiger partial charge in [0.1, 0.15) is 5.75 Å². The predicted octanol–water partition coefficient (Wildman–Crippen LogP) is 4.59. The lowest BCUT2D eigenvalue weighted by Crippen LogP contribution is -2.14. The van der Waals surface area contributed by atoms with Gasteiger partial charge in [-0.2, -0.15) is 0 Å². The van der Waals surface area contributed by atoms with Crippen LogP contribution in [0.3, 0.4) is 0 Å². The molecule has 0 saturated carbocycles. The number of unbranched alkanes of at least 4 members (excludes halogenated alkanes) is 1. The summed E-state index contributed by atoms with van der Waals surface area (Å²) >= 11 is 6.83. The molecule has 0 saturated heterocycles. The lowest BCUT2D eigenvalue weighted by molar-refractivity contribution is 0.0988. The van der Waals surface area contributed by atoms with Crippen molar-refractivity contribution >= 4 is 37.6 Å². The fraction of sp³-hybridized carbons (Fsp3) is 0.462. The first-order valence-electron chi connectivity index (χ1n) is 5.62. The topological polar surface area (TPSA) is 26.3 Å². The van der Waals surface area contributed by atoms with Crippen molar-refractivity contribution in [3.63, 3.8) is 0 Å². The Morgan fingerprint density at radius 1 is 1.47 bits per heavy atom. The molecule has 0 heterocycles. The fourth-order valence-corrected chi connectivity index (χ4v) is 2.64. The molecule has 0 spiro atoms. The number of benzene rings is 1. The van der Waals surface area contributed by atoms with Gasteiger partial charge in [0, 0.05) is 5.56 Å². The Morgan fingerprint density at radius 2 is 2.18 bits per heavy atom. The van der Waals surface area contributed by atoms with Crippen molar-refractivity contribution in [3.05, 3.63) is 28.2 Å². The van der Waals surface area contributed by atoms with Crippen molar-refractivity contribution in [2.75, 3.05) is 7.11 Å². The highest BCUT2D eigenvalue weighted by Crippen LogP contribution is 2.27. The third-order valence-electron chi connectivity index (χ3n) is 2.53. The second-order valence-corrected chi connectivity index (χ2v) is 5.78. The van der Waals surface area contributed by atoms with Gasteiger partial charge in [0.25, 0.3) is 0 Å². The molecule has 1 atom stereocenters. The molecule has 1 aromatic rings. The van der Waals surface area contributed by atoms with Gasteiger partial charge in [-0.3, -0.25) is 4.79 Å². The number of hydrogen-bond donors (Lipinski definition) is 0. The molecule has 1 rings (SSSR count). The molecule has 0 fully saturated rings. The van der Waals surface area contributed by atoms with E-state index < -0.39 is 0 Å². The highest BCUT2D eigenvalue weighted by Gasteiger charge is 2.17. The van der Waals surface area contributed by atoms with Crippen LogP contribution in [-0.2, 0) is 0 Å². The van der Waals surface area contributed by atoms with Crippen molar-refractivity contribution in [1.29, 1.82) is 0 Å². The fourth-order valence-electron chi connectivity index (χ4n) is 1.51. The molecule has 1 aromatic carbocycles. The number of ether oxygens (including phenoxy) is 1. The molecule has 17 heavy (non-hydrogen) atoms. The summed E-state index contributed by atoms with van der Waals surface area (Å²) < 4.78 is 5.94. The molecule has 4 heteroatoms. The summed E-state index contributed by atoms with van der Waals surface area (Å²) in [5.74, 6) is 0.864. The second kappa shape index (κ2) is 7.17. The summed E-state index contributed by atoms with van der Waals surface area (Å²) in [5, 5.41) is 0. The van der Waals surface area contributed by atoms with E-state index in [-0.39, 0.29) is 10.6 Å². The minimum absolute atomic E-state index is 0.0947. The van der Waals surface area contributed by atoms with Crippen LogP contribution in [0.1, 0.15) is 36.5 Å². The smallest absolute Gasteiger partial charge is 0.176 e. The van der Waals surface area contributed by atoms with Crippen molar-refractivity contribution < 1.29 is 9.53 Å². The summed E-state index contributed by atoms with van der Waals surface area (Å²) in [6, 6.07) is 5.41. The van der Waals surface area contributed by atoms with Crippen LogP contribution in [0.25, 0.3) is 0 Å². The number of halogens is 2. The Balaban J connectivity index is 2.78. The van der Waals surface area contributed by atoms with Gasteiger partial charge in [-0.15, -0.1) is 0 Å². The van der Waals surface area contributed by atoms with Gasteiger partial charge in [-0.25, -0.2) is 0 Å². The van der Waals surface area contributed by atoms with Gasteiger partial charge < -0.3 is 4.74 Å². The van der Waals surface area contributed by atoms with Gasteiger partial charge in [-0.05, 0) is 40.5 Å². The van der Waals surface area contributed by atoms with Gasteiger partial charge in [-0.1, -0.05) is 35.7 Å². The third-order valence-corrected chi connectivity index (χ3v) is 4.03. The highest BCUT2D eigenvalue weighted by molar-refractivity contribution is 9.10. The summed E-state index contributed by atoms with van der Waals surface area (Å²) in [5.41, 5.74) is 0.704. The van der Waals surface area contributed by atoms with Crippen LogP contribution in [0.2, 0.25) is 0 Å². The second-order valence-electron chi connectivity index (χ2n) is 3.82. The van der Waals surface area contributed by atoms with Crippen molar-refractivity contribution in [3.8, 4) is 5.75 Å². The van der Waals surface area contributed by atoms with E-state index >= 15 is 0 Å². The number of Topliss-reactive ketones (excluding diaryl/α,β-unsaturated/α-hetero) is 1. The minimum Gasteiger partial charge on any atom is -0.496 e. The minimum atomic E-state index is -0.0947. The van der Waals surface area contributed by atoms with E-state index in [1.807, 2.05) is 0 Å². The maximum absolute atomic E-state index is 12.1. The number of methoxy groups -OCH3 is 1. The number of alkyl halides is 1. The van der Waals surface area contributed by atoms with Crippen molar-refractivity contribution in [1.82, 2.24) is 0 Å². The molecule has 0 N–H and O–H groups in total. The zero-order valence-corrected chi connectivity index (χ0v) is 13.2. The number of ketones is 1. The normalized spacial score (nSPS) is 12.2. The van der Waals surface area contributed by atoms with Crippen LogP contribution in [0.4, 0.5) is 0 Å². The van der Waals surface area contributed by atoms with Gasteiger partial charge in [0.15, 0.2) is 5.78 Å². The number of carbonyl (C=O) groups excluding carboxylic acids is 1. The number of hydrogen-bond acceptors (Lipinski definition) is 2. The van der Waals surface area contributed by atoms with Crippen LogP contribution < -0.4 is 4.74 Å². The molecule has 0 bridgehead atoms. The van der Waals surface area contributed by atoms with Gasteiger partial charge in [0.05, 0.1) is 16.4 Å². The molecule has 0 aliphatic rings. The Kier molecular flexibility index (Phi) is 6.20. The molecule has 0 aliphatic carbocycles. The van der Waals surface area contributed by atoms with Gasteiger partial charge >= 0.3 is 0 Å². The van der Waals surface area contributed by atoms with Crippen molar-refractivity contribution in [2.45, 2.75) is 31.0 Å². The summed E-state index contributed by atoms with van der Waals surface area (Å²) in [4.78, 5) is 12.0. The molecule has 94 valence electrons. The van der Waals surface area contributed by atoms with E-state index in [1.165, 1.54) is 0 Å². The SMILES string of the molecule is CCCC[C@H](Br)C(=O)c1ccc(OC)c(Br)c1. The van der Waals surface area contributed by atoms with Crippen molar-refractivity contribution in [2.24, 2.45) is 0 Å². The standard InChI is InChI=1S/C13H16Br2O2/c1-3-4-5-10(14)13(16)9-6-7-12(17-2)11(15)8-9/h6-8,10H,3-5H2,1-2H3/t10-/m0/s1. The lowest BCUT2D eigenvalue weighted by atomic mass is 10.0. The van der Waals surface area contributed by atoms with E-state index in [2.05, 4.69) is 38.8 Å². The Morgan fingerprint density at radius 3 is 2.71 bits per heavy atom. The van der Waals surface area contributed by atoms with E-state index in [4.69, 9.17) is 4.74 Å². The third kappa shape index (κ3) is 4.11. The van der Waals surface area contributed by atoms with Gasteiger partial charge in [0.2, 0.25) is 0 Å². The molecular formula is C13H16Br2O2. The Hall–Kier alpha value is -0.350. The van der Waals surface area contributed by atoms with Crippen LogP contribution in [0, 0.1) is 0 Å². The molecular weight excluding hydrogens is 348 g/mol. The largest absolute Gasteiger partial charge is 0.496 e. The quantitative estimate of drug-likeness (QED) is 0.545. The summed E-state index contributed by atoms with van der Waals surface area (Å²) in [6.45, 7) is 2.12. The maximum atomic E-state index is 12.1. The molecule has 0 unspecified atom stereocenters. The van der Waals surface area contributed by atoms with E-state index in [0.29, 0.717) is 5.56 Å². The number of rotatable bonds is 6. The lowest BCUT2D eigenvalue weighted by Gasteiger charge is -2.10. The molecule has 2 nitrogen and oxygen atoms in total. The average Bonchev–Trinajstić information content (AvgIpc) is 2.34. The summed E-state index contributed by atoms with van der Waals surface area (Å²) in [7, 11) is 1.61. The monoisotopic (exact) mass is 362 g/mol. The van der Waals surface area contributed by atoms with Crippen LogP contribution in [-0.4, -0.2) is 17.7 Å². The van der Waals surface area contributed by atoms with Crippen LogP contribution in [0.15, 0.2) is 22.7 Å². The molecule has 0 radical (unpaired) electrons. The highest BCUT2D eigenvalue weighted by atomic mass is 79.9. The zero-order chi connectivity index (χ0) is 12.8. The molecule has 0 aliphatic heterocycles. The van der Waals surface area contributed by atoms with E-state index in [9.17, 15) is 4.79 Å². The van der Waals surface area contributed by atoms with E-state index in [0.717, 1.165) is 29.5 Å². The first kappa shape index (κ1) is 14.7. The van der Waals surface area contributed by atoms with Crippen LogP contribution in [0.5, 0.6) is 5.75 Å². The maximum Gasteiger partial charge on any atom is 0.176 e. The summed E-state index contributed by atoms with van der Waals surface area (Å²) in [6.07, 6.45) is 3.03. The Bertz CT molecular complexity index is 391. The van der Waals surface area contributed by atoms with E-state index in [1.54, 1.807) is 25.3 Å². The average molecular weight is 364 g/mol. The Labute approximate surface area is 119 Å². The zero-order valence-electron chi connectivity index (χ0n) is 10.0. The van der Waals surface area contributed by atoms with Crippen LogP contribution >= 0.6 is 31.9 Å².